The van der Waals surface area contributed by atoms with Crippen molar-refractivity contribution in [2.24, 2.45) is 0 Å². The number of fused-ring (bicyclic) bond motifs is 1. The molecule has 7 heteroatoms. The molecule has 0 saturated carbocycles. The molecule has 0 unspecified atom stereocenters. The molecule has 0 aromatic carbocycles. The van der Waals surface area contributed by atoms with E-state index in [9.17, 15) is 0 Å². The van der Waals surface area contributed by atoms with Gasteiger partial charge in [0, 0.05) is 45.1 Å². The van der Waals surface area contributed by atoms with Gasteiger partial charge in [0.2, 0.25) is 0 Å². The second kappa shape index (κ2) is 7.06. The van der Waals surface area contributed by atoms with Crippen LogP contribution in [0.4, 0.5) is 11.6 Å². The molecule has 3 aromatic rings. The molecule has 1 fully saturated rings. The highest BCUT2D eigenvalue weighted by Crippen LogP contribution is 2.19. The Balaban J connectivity index is 1.38. The van der Waals surface area contributed by atoms with Crippen LogP contribution in [0, 0.1) is 0 Å². The van der Waals surface area contributed by atoms with Gasteiger partial charge in [0.25, 0.3) is 0 Å². The molecule has 0 radical (unpaired) electrons. The van der Waals surface area contributed by atoms with Gasteiger partial charge >= 0.3 is 0 Å². The molecule has 1 saturated heterocycles. The first-order valence-corrected chi connectivity index (χ1v) is 8.77. The van der Waals surface area contributed by atoms with E-state index in [4.69, 9.17) is 0 Å². The highest BCUT2D eigenvalue weighted by molar-refractivity contribution is 5.86. The van der Waals surface area contributed by atoms with Crippen LogP contribution < -0.4 is 10.2 Å². The third kappa shape index (κ3) is 3.41. The number of hydrogen-bond donors (Lipinski definition) is 2. The summed E-state index contributed by atoms with van der Waals surface area (Å²) in [6, 6.07) is 6.23. The first-order chi connectivity index (χ1) is 12.3. The van der Waals surface area contributed by atoms with Crippen LogP contribution in [0.5, 0.6) is 0 Å². The average Bonchev–Trinajstić information content (AvgIpc) is 3.16. The Bertz CT molecular complexity index is 819. The van der Waals surface area contributed by atoms with Crippen molar-refractivity contribution in [3.8, 4) is 0 Å². The van der Waals surface area contributed by atoms with Crippen molar-refractivity contribution in [3.05, 3.63) is 42.5 Å². The van der Waals surface area contributed by atoms with E-state index in [1.165, 1.54) is 0 Å². The predicted octanol–water partition coefficient (Wildman–Crippen LogP) is 2.11. The summed E-state index contributed by atoms with van der Waals surface area (Å²) < 4.78 is 0. The van der Waals surface area contributed by atoms with E-state index in [2.05, 4.69) is 54.1 Å². The molecule has 7 nitrogen and oxygen atoms in total. The fraction of sp³-hybridized carbons (Fsp3) is 0.389. The van der Waals surface area contributed by atoms with Gasteiger partial charge in [-0.3, -0.25) is 0 Å². The topological polar surface area (TPSA) is 73.0 Å². The Labute approximate surface area is 147 Å². The van der Waals surface area contributed by atoms with Crippen molar-refractivity contribution < 1.29 is 0 Å². The number of likely N-dealkylation sites (N-methyl/N-ethyl adjacent to an activating group) is 1. The zero-order valence-electron chi connectivity index (χ0n) is 14.4. The van der Waals surface area contributed by atoms with Gasteiger partial charge in [0.15, 0.2) is 0 Å². The van der Waals surface area contributed by atoms with Crippen LogP contribution in [-0.2, 0) is 6.54 Å². The smallest absolute Gasteiger partial charge is 0.142 e. The van der Waals surface area contributed by atoms with Gasteiger partial charge in [-0.15, -0.1) is 0 Å². The van der Waals surface area contributed by atoms with Crippen LogP contribution in [0.15, 0.2) is 36.9 Å². The maximum absolute atomic E-state index is 4.65. The minimum absolute atomic E-state index is 0.689. The fourth-order valence-electron chi connectivity index (χ4n) is 3.20. The molecule has 0 spiro atoms. The number of H-pyrrole nitrogens is 1. The van der Waals surface area contributed by atoms with Crippen molar-refractivity contribution in [1.29, 1.82) is 0 Å². The van der Waals surface area contributed by atoms with Crippen molar-refractivity contribution >= 4 is 22.7 Å². The summed E-state index contributed by atoms with van der Waals surface area (Å²) in [6.07, 6.45) is 5.39. The van der Waals surface area contributed by atoms with Crippen LogP contribution >= 0.6 is 0 Å². The van der Waals surface area contributed by atoms with Gasteiger partial charge in [-0.05, 0) is 24.2 Å². The lowest BCUT2D eigenvalue weighted by molar-refractivity contribution is 0.270. The molecular formula is C18H23N7. The zero-order chi connectivity index (χ0) is 17.1. The Morgan fingerprint density at radius 3 is 2.72 bits per heavy atom. The number of rotatable bonds is 5. The molecule has 1 aliphatic rings. The van der Waals surface area contributed by atoms with Crippen LogP contribution in [0.3, 0.4) is 0 Å². The minimum atomic E-state index is 0.689. The molecule has 4 heterocycles. The Morgan fingerprint density at radius 2 is 1.96 bits per heavy atom. The molecule has 25 heavy (non-hydrogen) atoms. The summed E-state index contributed by atoms with van der Waals surface area (Å²) in [5.41, 5.74) is 1.98. The number of aromatic amines is 1. The first kappa shape index (κ1) is 15.8. The van der Waals surface area contributed by atoms with Gasteiger partial charge < -0.3 is 20.1 Å². The maximum Gasteiger partial charge on any atom is 0.142 e. The van der Waals surface area contributed by atoms with E-state index in [1.807, 2.05) is 18.5 Å². The molecule has 2 N–H and O–H groups in total. The molecule has 4 rings (SSSR count). The first-order valence-electron chi connectivity index (χ1n) is 8.77. The SMILES string of the molecule is CCN1CCN(c2ccc(CNc3ncnc4[nH]ccc34)cn2)CC1. The second-order valence-corrected chi connectivity index (χ2v) is 6.26. The van der Waals surface area contributed by atoms with Crippen LogP contribution in [0.1, 0.15) is 12.5 Å². The number of pyridine rings is 1. The number of aromatic nitrogens is 4. The summed E-state index contributed by atoms with van der Waals surface area (Å²) in [4.78, 5) is 21.1. The highest BCUT2D eigenvalue weighted by atomic mass is 15.3. The quantitative estimate of drug-likeness (QED) is 0.743. The second-order valence-electron chi connectivity index (χ2n) is 6.26. The van der Waals surface area contributed by atoms with E-state index in [0.717, 1.165) is 61.0 Å². The van der Waals surface area contributed by atoms with Crippen LogP contribution in [0.2, 0.25) is 0 Å². The highest BCUT2D eigenvalue weighted by Gasteiger charge is 2.16. The van der Waals surface area contributed by atoms with Crippen molar-refractivity contribution in [3.63, 3.8) is 0 Å². The lowest BCUT2D eigenvalue weighted by atomic mass is 10.2. The molecule has 3 aromatic heterocycles. The summed E-state index contributed by atoms with van der Waals surface area (Å²) >= 11 is 0. The number of nitrogens with zero attached hydrogens (tertiary/aromatic N) is 5. The number of hydrogen-bond acceptors (Lipinski definition) is 6. The Kier molecular flexibility index (Phi) is 4.47. The summed E-state index contributed by atoms with van der Waals surface area (Å²) in [5, 5.41) is 4.37. The van der Waals surface area contributed by atoms with Crippen LogP contribution in [-0.4, -0.2) is 57.6 Å². The molecular weight excluding hydrogens is 314 g/mol. The molecule has 0 aliphatic carbocycles. The number of piperazine rings is 1. The van der Waals surface area contributed by atoms with E-state index in [1.54, 1.807) is 6.33 Å². The number of nitrogens with one attached hydrogen (secondary N) is 2. The largest absolute Gasteiger partial charge is 0.365 e. The van der Waals surface area contributed by atoms with Crippen molar-refractivity contribution in [1.82, 2.24) is 24.8 Å². The molecule has 0 bridgehead atoms. The van der Waals surface area contributed by atoms with Gasteiger partial charge in [-0.1, -0.05) is 13.0 Å². The monoisotopic (exact) mass is 337 g/mol. The molecule has 1 aliphatic heterocycles. The van der Waals surface area contributed by atoms with E-state index in [-0.39, 0.29) is 0 Å². The zero-order valence-corrected chi connectivity index (χ0v) is 14.4. The third-order valence-corrected chi connectivity index (χ3v) is 4.77. The average molecular weight is 337 g/mol. The van der Waals surface area contributed by atoms with Gasteiger partial charge in [-0.2, -0.15) is 0 Å². The standard InChI is InChI=1S/C18H23N7/c1-2-24-7-9-25(10-8-24)16-4-3-14(11-20-16)12-21-18-15-5-6-19-17(15)22-13-23-18/h3-6,11,13H,2,7-10,12H2,1H3,(H2,19,21,22,23). The summed E-state index contributed by atoms with van der Waals surface area (Å²) in [7, 11) is 0. The van der Waals surface area contributed by atoms with Gasteiger partial charge in [0.05, 0.1) is 5.39 Å². The molecule has 0 atom stereocenters. The van der Waals surface area contributed by atoms with Crippen molar-refractivity contribution in [2.75, 3.05) is 42.9 Å². The minimum Gasteiger partial charge on any atom is -0.365 e. The van der Waals surface area contributed by atoms with Gasteiger partial charge in [0.1, 0.15) is 23.6 Å². The predicted molar refractivity (Wildman–Crippen MR) is 99.8 cm³/mol. The van der Waals surface area contributed by atoms with E-state index >= 15 is 0 Å². The molecule has 130 valence electrons. The van der Waals surface area contributed by atoms with Crippen LogP contribution in [0.25, 0.3) is 11.0 Å². The fourth-order valence-corrected chi connectivity index (χ4v) is 3.20. The maximum atomic E-state index is 4.65. The van der Waals surface area contributed by atoms with Crippen molar-refractivity contribution in [2.45, 2.75) is 13.5 Å². The third-order valence-electron chi connectivity index (χ3n) is 4.77. The Morgan fingerprint density at radius 1 is 1.08 bits per heavy atom. The Hall–Kier alpha value is -2.67. The van der Waals surface area contributed by atoms with E-state index in [0.29, 0.717) is 6.54 Å². The summed E-state index contributed by atoms with van der Waals surface area (Å²) in [6.45, 7) is 8.35. The summed E-state index contributed by atoms with van der Waals surface area (Å²) in [5.74, 6) is 1.90. The van der Waals surface area contributed by atoms with E-state index < -0.39 is 0 Å². The van der Waals surface area contributed by atoms with Gasteiger partial charge in [-0.25, -0.2) is 15.0 Å². The number of anilines is 2. The lowest BCUT2D eigenvalue weighted by Crippen LogP contribution is -2.46. The lowest BCUT2D eigenvalue weighted by Gasteiger charge is -2.34. The normalized spacial score (nSPS) is 15.6. The molecule has 0 amide bonds.